The third-order valence-electron chi connectivity index (χ3n) is 2.55. The van der Waals surface area contributed by atoms with Gasteiger partial charge in [0.1, 0.15) is 5.00 Å². The van der Waals surface area contributed by atoms with E-state index in [0.29, 0.717) is 30.8 Å². The van der Waals surface area contributed by atoms with Crippen LogP contribution in [0.15, 0.2) is 4.90 Å². The molecule has 1 aromatic rings. The van der Waals surface area contributed by atoms with Crippen LogP contribution in [0.1, 0.15) is 19.3 Å². The maximum Gasteiger partial charge on any atom is 0.249 e. The van der Waals surface area contributed by atoms with Gasteiger partial charge in [-0.1, -0.05) is 0 Å². The van der Waals surface area contributed by atoms with E-state index in [-0.39, 0.29) is 16.6 Å². The smallest absolute Gasteiger partial charge is 0.249 e. The number of hydrogen-bond acceptors (Lipinski definition) is 7. The zero-order chi connectivity index (χ0) is 15.3. The monoisotopic (exact) mass is 321 g/mol. The van der Waals surface area contributed by atoms with E-state index >= 15 is 0 Å². The van der Waals surface area contributed by atoms with E-state index in [0.717, 1.165) is 15.8 Å². The summed E-state index contributed by atoms with van der Waals surface area (Å²) >= 11 is 1.00. The largest absolute Gasteiger partial charge is 0.382 e. The van der Waals surface area contributed by atoms with Gasteiger partial charge >= 0.3 is 0 Å². The fourth-order valence-corrected chi connectivity index (χ4v) is 3.57. The van der Waals surface area contributed by atoms with E-state index in [9.17, 15) is 13.2 Å². The van der Waals surface area contributed by atoms with Crippen LogP contribution in [-0.2, 0) is 14.8 Å². The van der Waals surface area contributed by atoms with Crippen molar-refractivity contribution in [2.75, 3.05) is 31.7 Å². The van der Waals surface area contributed by atoms with Crippen molar-refractivity contribution in [2.45, 2.75) is 24.2 Å². The SMILES string of the molecule is CN(C)S(=O)(=O)c1c(N)nsc1NCCCCC(N)=O. The van der Waals surface area contributed by atoms with Crippen LogP contribution >= 0.6 is 11.5 Å². The number of carbonyl (C=O) groups is 1. The Hall–Kier alpha value is -1.39. The summed E-state index contributed by atoms with van der Waals surface area (Å²) in [5.41, 5.74) is 10.7. The fourth-order valence-electron chi connectivity index (χ4n) is 1.46. The molecule has 0 radical (unpaired) electrons. The molecule has 0 spiro atoms. The van der Waals surface area contributed by atoms with E-state index in [1.165, 1.54) is 14.1 Å². The van der Waals surface area contributed by atoms with Crippen molar-refractivity contribution in [3.05, 3.63) is 0 Å². The molecule has 10 heteroatoms. The maximum absolute atomic E-state index is 12.1. The average Bonchev–Trinajstić information content (AvgIpc) is 2.70. The van der Waals surface area contributed by atoms with Crippen molar-refractivity contribution < 1.29 is 13.2 Å². The molecule has 0 aromatic carbocycles. The third kappa shape index (κ3) is 4.05. The zero-order valence-electron chi connectivity index (χ0n) is 11.4. The number of rotatable bonds is 8. The molecule has 5 N–H and O–H groups in total. The topological polar surface area (TPSA) is 131 Å². The van der Waals surface area contributed by atoms with Gasteiger partial charge in [-0.15, -0.1) is 0 Å². The van der Waals surface area contributed by atoms with Gasteiger partial charge in [-0.25, -0.2) is 12.7 Å². The molecule has 0 bridgehead atoms. The fraction of sp³-hybridized carbons (Fsp3) is 0.600. The third-order valence-corrected chi connectivity index (χ3v) is 5.39. The standard InChI is InChI=1S/C10H19N5O3S2/c1-15(2)20(17,18)8-9(12)14-19-10(8)13-6-4-3-5-7(11)16/h13H,3-6H2,1-2H3,(H2,11,16)(H2,12,14). The lowest BCUT2D eigenvalue weighted by atomic mass is 10.2. The van der Waals surface area contributed by atoms with Crippen molar-refractivity contribution in [1.82, 2.24) is 8.68 Å². The molecule has 1 rings (SSSR count). The minimum Gasteiger partial charge on any atom is -0.382 e. The Morgan fingerprint density at radius 3 is 2.60 bits per heavy atom. The molecule has 0 atom stereocenters. The van der Waals surface area contributed by atoms with Crippen LogP contribution < -0.4 is 16.8 Å². The molecular formula is C10H19N5O3S2. The van der Waals surface area contributed by atoms with Gasteiger partial charge < -0.3 is 16.8 Å². The first-order valence-corrected chi connectivity index (χ1v) is 8.18. The summed E-state index contributed by atoms with van der Waals surface area (Å²) in [4.78, 5) is 10.6. The Labute approximate surface area is 122 Å². The van der Waals surface area contributed by atoms with E-state index in [1.807, 2.05) is 0 Å². The van der Waals surface area contributed by atoms with E-state index in [2.05, 4.69) is 9.69 Å². The molecule has 1 amide bonds. The van der Waals surface area contributed by atoms with Gasteiger partial charge in [0.2, 0.25) is 15.9 Å². The van der Waals surface area contributed by atoms with Gasteiger partial charge in [0.25, 0.3) is 0 Å². The zero-order valence-corrected chi connectivity index (χ0v) is 13.1. The normalized spacial score (nSPS) is 11.8. The predicted molar refractivity (Wildman–Crippen MR) is 78.9 cm³/mol. The Bertz CT molecular complexity index is 567. The molecule has 0 saturated heterocycles. The number of sulfonamides is 1. The highest BCUT2D eigenvalue weighted by molar-refractivity contribution is 7.89. The van der Waals surface area contributed by atoms with Crippen LogP contribution in [-0.4, -0.2) is 43.6 Å². The van der Waals surface area contributed by atoms with Gasteiger partial charge in [-0.2, -0.15) is 4.37 Å². The molecule has 0 fully saturated rings. The second kappa shape index (κ2) is 6.86. The molecule has 1 heterocycles. The lowest BCUT2D eigenvalue weighted by molar-refractivity contribution is -0.118. The Morgan fingerprint density at radius 1 is 1.40 bits per heavy atom. The van der Waals surface area contributed by atoms with Crippen molar-refractivity contribution in [2.24, 2.45) is 5.73 Å². The molecular weight excluding hydrogens is 302 g/mol. The second-order valence-corrected chi connectivity index (χ2v) is 7.23. The number of nitrogens with one attached hydrogen (secondary N) is 1. The summed E-state index contributed by atoms with van der Waals surface area (Å²) in [5, 5.41) is 3.40. The lowest BCUT2D eigenvalue weighted by Gasteiger charge is -2.12. The Balaban J connectivity index is 2.71. The number of primary amides is 1. The van der Waals surface area contributed by atoms with Crippen LogP contribution in [0.25, 0.3) is 0 Å². The van der Waals surface area contributed by atoms with E-state index < -0.39 is 10.0 Å². The van der Waals surface area contributed by atoms with Crippen molar-refractivity contribution in [1.29, 1.82) is 0 Å². The van der Waals surface area contributed by atoms with Gasteiger partial charge in [0.15, 0.2) is 10.7 Å². The first-order valence-electron chi connectivity index (χ1n) is 5.96. The number of hydrogen-bond donors (Lipinski definition) is 3. The number of nitrogen functional groups attached to an aromatic ring is 1. The van der Waals surface area contributed by atoms with Crippen molar-refractivity contribution in [3.63, 3.8) is 0 Å². The Morgan fingerprint density at radius 2 is 2.05 bits per heavy atom. The van der Waals surface area contributed by atoms with Crippen molar-refractivity contribution >= 4 is 38.3 Å². The first-order chi connectivity index (χ1) is 9.26. The number of carbonyl (C=O) groups excluding carboxylic acids is 1. The summed E-state index contributed by atoms with van der Waals surface area (Å²) in [7, 11) is -0.764. The van der Waals surface area contributed by atoms with Crippen LogP contribution in [0.5, 0.6) is 0 Å². The molecule has 0 unspecified atom stereocenters. The van der Waals surface area contributed by atoms with E-state index in [4.69, 9.17) is 11.5 Å². The molecule has 8 nitrogen and oxygen atoms in total. The van der Waals surface area contributed by atoms with Crippen LogP contribution in [0.2, 0.25) is 0 Å². The number of nitrogens with zero attached hydrogens (tertiary/aromatic N) is 2. The summed E-state index contributed by atoms with van der Waals surface area (Å²) in [6, 6.07) is 0. The number of nitrogens with two attached hydrogens (primary N) is 2. The van der Waals surface area contributed by atoms with Gasteiger partial charge in [-0.05, 0) is 24.4 Å². The minimum absolute atomic E-state index is 0.00222. The number of amides is 1. The summed E-state index contributed by atoms with van der Waals surface area (Å²) in [6.07, 6.45) is 1.66. The molecule has 1 aromatic heterocycles. The quantitative estimate of drug-likeness (QED) is 0.579. The maximum atomic E-state index is 12.1. The molecule has 0 aliphatic carbocycles. The summed E-state index contributed by atoms with van der Waals surface area (Å²) < 4.78 is 29.2. The predicted octanol–water partition coefficient (Wildman–Crippen LogP) is 0.0431. The average molecular weight is 321 g/mol. The van der Waals surface area contributed by atoms with Crippen LogP contribution in [0.4, 0.5) is 10.8 Å². The number of aromatic nitrogens is 1. The molecule has 20 heavy (non-hydrogen) atoms. The molecule has 0 aliphatic rings. The van der Waals surface area contributed by atoms with Crippen molar-refractivity contribution in [3.8, 4) is 0 Å². The highest BCUT2D eigenvalue weighted by atomic mass is 32.2. The highest BCUT2D eigenvalue weighted by Crippen LogP contribution is 2.32. The molecule has 0 saturated carbocycles. The van der Waals surface area contributed by atoms with Gasteiger partial charge in [0.05, 0.1) is 0 Å². The lowest BCUT2D eigenvalue weighted by Crippen LogP contribution is -2.23. The molecule has 114 valence electrons. The van der Waals surface area contributed by atoms with Crippen LogP contribution in [0.3, 0.4) is 0 Å². The number of anilines is 2. The van der Waals surface area contributed by atoms with Crippen LogP contribution in [0, 0.1) is 0 Å². The second-order valence-electron chi connectivity index (χ2n) is 4.36. The van der Waals surface area contributed by atoms with Gasteiger partial charge in [-0.3, -0.25) is 4.79 Å². The Kier molecular flexibility index (Phi) is 5.72. The number of unbranched alkanes of at least 4 members (excludes halogenated alkanes) is 1. The first kappa shape index (κ1) is 16.7. The minimum atomic E-state index is -3.63. The highest BCUT2D eigenvalue weighted by Gasteiger charge is 2.27. The molecule has 0 aliphatic heterocycles. The summed E-state index contributed by atoms with van der Waals surface area (Å²) in [6.45, 7) is 0.519. The van der Waals surface area contributed by atoms with E-state index in [1.54, 1.807) is 0 Å². The summed E-state index contributed by atoms with van der Waals surface area (Å²) in [5.74, 6) is -0.355. The van der Waals surface area contributed by atoms with Gasteiger partial charge in [0, 0.05) is 27.1 Å².